The first kappa shape index (κ1) is 14.8. The molecule has 20 heavy (non-hydrogen) atoms. The summed E-state index contributed by atoms with van der Waals surface area (Å²) in [7, 11) is 0. The summed E-state index contributed by atoms with van der Waals surface area (Å²) >= 11 is 9.16. The van der Waals surface area contributed by atoms with Crippen LogP contribution in [0.5, 0.6) is 5.75 Å². The maximum absolute atomic E-state index is 13.1. The molecule has 0 saturated carbocycles. The Morgan fingerprint density at radius 1 is 1.30 bits per heavy atom. The summed E-state index contributed by atoms with van der Waals surface area (Å²) in [6.45, 7) is -0.0205. The molecular weight excluding hydrogens is 351 g/mol. The monoisotopic (exact) mass is 358 g/mol. The first-order valence-electron chi connectivity index (χ1n) is 5.57. The van der Waals surface area contributed by atoms with Crippen molar-refractivity contribution < 1.29 is 19.0 Å². The lowest BCUT2D eigenvalue weighted by molar-refractivity contribution is 0.0691. The molecule has 6 heteroatoms. The van der Waals surface area contributed by atoms with Crippen LogP contribution in [-0.4, -0.2) is 11.1 Å². The summed E-state index contributed by atoms with van der Waals surface area (Å²) in [4.78, 5) is 11.1. The maximum Gasteiger partial charge on any atom is 0.339 e. The number of hydrogen-bond acceptors (Lipinski definition) is 2. The highest BCUT2D eigenvalue weighted by Crippen LogP contribution is 2.26. The summed E-state index contributed by atoms with van der Waals surface area (Å²) in [5.41, 5.74) is 0.476. The summed E-state index contributed by atoms with van der Waals surface area (Å²) in [6.07, 6.45) is 0. The summed E-state index contributed by atoms with van der Waals surface area (Å²) < 4.78 is 19.3. The third kappa shape index (κ3) is 3.49. The molecule has 0 aromatic heterocycles. The normalized spacial score (nSPS) is 10.3. The van der Waals surface area contributed by atoms with Gasteiger partial charge >= 0.3 is 5.97 Å². The Bertz CT molecular complexity index is 661. The van der Waals surface area contributed by atoms with Gasteiger partial charge in [-0.25, -0.2) is 9.18 Å². The Hall–Kier alpha value is -1.59. The highest BCUT2D eigenvalue weighted by Gasteiger charge is 2.12. The summed E-state index contributed by atoms with van der Waals surface area (Å²) in [5, 5.41) is 9.43. The van der Waals surface area contributed by atoms with Crippen LogP contribution in [0.3, 0.4) is 0 Å². The van der Waals surface area contributed by atoms with Gasteiger partial charge in [0.05, 0.1) is 0 Å². The molecule has 0 amide bonds. The quantitative estimate of drug-likeness (QED) is 0.873. The Labute approximate surface area is 128 Å². The van der Waals surface area contributed by atoms with E-state index in [-0.39, 0.29) is 17.9 Å². The Morgan fingerprint density at radius 2 is 2.05 bits per heavy atom. The van der Waals surface area contributed by atoms with Gasteiger partial charge in [-0.2, -0.15) is 0 Å². The van der Waals surface area contributed by atoms with Crippen LogP contribution in [0.1, 0.15) is 15.9 Å². The molecule has 104 valence electrons. The average Bonchev–Trinajstić information content (AvgIpc) is 2.39. The van der Waals surface area contributed by atoms with E-state index in [1.54, 1.807) is 6.07 Å². The van der Waals surface area contributed by atoms with Gasteiger partial charge in [0.2, 0.25) is 0 Å². The van der Waals surface area contributed by atoms with Gasteiger partial charge in [0.25, 0.3) is 0 Å². The number of ether oxygens (including phenoxy) is 1. The lowest BCUT2D eigenvalue weighted by atomic mass is 10.2. The fraction of sp³-hybridized carbons (Fsp3) is 0.0714. The zero-order valence-electron chi connectivity index (χ0n) is 10.1. The van der Waals surface area contributed by atoms with Gasteiger partial charge in [-0.05, 0) is 36.4 Å². The number of carboxylic acids is 1. The molecule has 0 unspecified atom stereocenters. The van der Waals surface area contributed by atoms with Crippen molar-refractivity contribution in [3.63, 3.8) is 0 Å². The van der Waals surface area contributed by atoms with Crippen molar-refractivity contribution in [2.45, 2.75) is 6.61 Å². The second-order valence-electron chi connectivity index (χ2n) is 3.97. The predicted octanol–water partition coefficient (Wildman–Crippen LogP) is 4.52. The molecule has 0 aliphatic carbocycles. The summed E-state index contributed by atoms with van der Waals surface area (Å²) in [5.74, 6) is -1.34. The molecule has 3 nitrogen and oxygen atoms in total. The number of halogens is 3. The first-order valence-corrected chi connectivity index (χ1v) is 6.74. The van der Waals surface area contributed by atoms with E-state index in [4.69, 9.17) is 21.4 Å². The fourth-order valence-electron chi connectivity index (χ4n) is 1.60. The minimum Gasteiger partial charge on any atom is -0.488 e. The number of rotatable bonds is 4. The third-order valence-electron chi connectivity index (χ3n) is 2.57. The van der Waals surface area contributed by atoms with E-state index in [0.717, 1.165) is 0 Å². The van der Waals surface area contributed by atoms with Crippen molar-refractivity contribution in [3.8, 4) is 5.75 Å². The van der Waals surface area contributed by atoms with Crippen LogP contribution in [0.2, 0.25) is 5.02 Å². The fourth-order valence-corrected chi connectivity index (χ4v) is 2.11. The molecule has 0 aliphatic heterocycles. The van der Waals surface area contributed by atoms with Crippen molar-refractivity contribution in [2.24, 2.45) is 0 Å². The molecule has 0 bridgehead atoms. The molecule has 2 rings (SSSR count). The number of hydrogen-bond donors (Lipinski definition) is 1. The van der Waals surface area contributed by atoms with Gasteiger partial charge in [0.1, 0.15) is 23.7 Å². The first-order chi connectivity index (χ1) is 9.47. The van der Waals surface area contributed by atoms with Crippen molar-refractivity contribution in [1.29, 1.82) is 0 Å². The van der Waals surface area contributed by atoms with Gasteiger partial charge in [-0.3, -0.25) is 0 Å². The largest absolute Gasteiger partial charge is 0.488 e. The number of benzene rings is 2. The molecule has 0 heterocycles. The minimum absolute atomic E-state index is 0.0205. The Balaban J connectivity index is 2.24. The van der Waals surface area contributed by atoms with Crippen LogP contribution in [-0.2, 0) is 6.61 Å². The van der Waals surface area contributed by atoms with E-state index in [0.29, 0.717) is 15.1 Å². The predicted molar refractivity (Wildman–Crippen MR) is 76.8 cm³/mol. The number of carboxylic acid groups (broad SMARTS) is 1. The lowest BCUT2D eigenvalue weighted by Crippen LogP contribution is -2.04. The van der Waals surface area contributed by atoms with Crippen LogP contribution in [0.25, 0.3) is 0 Å². The highest BCUT2D eigenvalue weighted by molar-refractivity contribution is 9.10. The van der Waals surface area contributed by atoms with Crippen LogP contribution >= 0.6 is 27.5 Å². The molecule has 0 atom stereocenters. The molecule has 0 radical (unpaired) electrons. The van der Waals surface area contributed by atoms with Crippen LogP contribution < -0.4 is 4.74 Å². The number of carbonyl (C=O) groups is 1. The van der Waals surface area contributed by atoms with E-state index in [1.807, 2.05) is 0 Å². The summed E-state index contributed by atoms with van der Waals surface area (Å²) in [6, 6.07) is 8.49. The average molecular weight is 360 g/mol. The van der Waals surface area contributed by atoms with E-state index in [1.165, 1.54) is 30.3 Å². The van der Waals surface area contributed by atoms with Crippen LogP contribution in [0.15, 0.2) is 40.9 Å². The van der Waals surface area contributed by atoms with E-state index < -0.39 is 11.8 Å². The highest BCUT2D eigenvalue weighted by atomic mass is 79.9. The molecule has 1 N–H and O–H groups in total. The van der Waals surface area contributed by atoms with Gasteiger partial charge < -0.3 is 9.84 Å². The zero-order valence-corrected chi connectivity index (χ0v) is 12.4. The maximum atomic E-state index is 13.1. The third-order valence-corrected chi connectivity index (χ3v) is 3.43. The zero-order chi connectivity index (χ0) is 14.7. The van der Waals surface area contributed by atoms with E-state index in [9.17, 15) is 9.18 Å². The van der Waals surface area contributed by atoms with Crippen LogP contribution in [0.4, 0.5) is 4.39 Å². The molecule has 0 fully saturated rings. The second kappa shape index (κ2) is 6.24. The lowest BCUT2D eigenvalue weighted by Gasteiger charge is -2.10. The molecular formula is C14H9BrClFO3. The SMILES string of the molecule is O=C(O)c1ccc(Br)cc1OCc1cc(F)ccc1Cl. The molecule has 2 aromatic carbocycles. The standard InChI is InChI=1S/C14H9BrClFO3/c15-9-1-3-11(14(18)19)13(6-9)20-7-8-5-10(17)2-4-12(8)16/h1-6H,7H2,(H,18,19). The second-order valence-corrected chi connectivity index (χ2v) is 5.29. The van der Waals surface area contributed by atoms with Crippen molar-refractivity contribution in [2.75, 3.05) is 0 Å². The number of aromatic carboxylic acids is 1. The van der Waals surface area contributed by atoms with Crippen molar-refractivity contribution >= 4 is 33.5 Å². The molecule has 2 aromatic rings. The van der Waals surface area contributed by atoms with Crippen molar-refractivity contribution in [3.05, 3.63) is 62.8 Å². The van der Waals surface area contributed by atoms with Crippen LogP contribution in [0, 0.1) is 5.82 Å². The van der Waals surface area contributed by atoms with Gasteiger partial charge in [-0.1, -0.05) is 27.5 Å². The molecule has 0 saturated heterocycles. The van der Waals surface area contributed by atoms with Gasteiger partial charge in [0.15, 0.2) is 0 Å². The molecule has 0 aliphatic rings. The smallest absolute Gasteiger partial charge is 0.339 e. The van der Waals surface area contributed by atoms with Crippen molar-refractivity contribution in [1.82, 2.24) is 0 Å². The van der Waals surface area contributed by atoms with E-state index >= 15 is 0 Å². The van der Waals surface area contributed by atoms with Gasteiger partial charge in [0, 0.05) is 15.1 Å². The van der Waals surface area contributed by atoms with Gasteiger partial charge in [-0.15, -0.1) is 0 Å². The Kier molecular flexibility index (Phi) is 4.62. The Morgan fingerprint density at radius 3 is 2.75 bits per heavy atom. The minimum atomic E-state index is -1.10. The van der Waals surface area contributed by atoms with E-state index in [2.05, 4.69) is 15.9 Å². The molecule has 0 spiro atoms. The topological polar surface area (TPSA) is 46.5 Å².